The van der Waals surface area contributed by atoms with Crippen LogP contribution in [-0.4, -0.2) is 18.0 Å². The first-order valence-electron chi connectivity index (χ1n) is 11.4. The Kier molecular flexibility index (Phi) is 8.04. The highest BCUT2D eigenvalue weighted by Crippen LogP contribution is 2.36. The number of rotatable bonds is 7. The highest BCUT2D eigenvalue weighted by Gasteiger charge is 2.29. The molecular weight excluding hydrogens is 507 g/mol. The largest absolute Gasteiger partial charge is 0.358 e. The molecule has 0 radical (unpaired) electrons. The Morgan fingerprint density at radius 2 is 1.49 bits per heavy atom. The maximum absolute atomic E-state index is 13.6. The number of benzene rings is 2. The zero-order valence-corrected chi connectivity index (χ0v) is 23.2. The lowest BCUT2D eigenvalue weighted by molar-refractivity contribution is 0.469. The first-order chi connectivity index (χ1) is 16.2. The molecule has 3 aromatic rings. The van der Waals surface area contributed by atoms with Gasteiger partial charge < -0.3 is 4.18 Å². The average Bonchev–Trinajstić information content (AvgIpc) is 2.74. The van der Waals surface area contributed by atoms with E-state index in [0.717, 1.165) is 11.6 Å². The van der Waals surface area contributed by atoms with Gasteiger partial charge in [0, 0.05) is 0 Å². The molecule has 3 rings (SSSR count). The van der Waals surface area contributed by atoms with Crippen LogP contribution in [0.25, 0.3) is 5.69 Å². The van der Waals surface area contributed by atoms with Crippen molar-refractivity contribution in [2.24, 2.45) is 0 Å². The highest BCUT2D eigenvalue weighted by atomic mass is 35.5. The fraction of sp³-hybridized carbons (Fsp3) is 0.385. The Morgan fingerprint density at radius 1 is 0.914 bits per heavy atom. The monoisotopic (exact) mass is 536 g/mol. The van der Waals surface area contributed by atoms with Crippen LogP contribution in [0.1, 0.15) is 81.8 Å². The Hall–Kier alpha value is -2.35. The van der Waals surface area contributed by atoms with Gasteiger partial charge in [0.1, 0.15) is 10.7 Å². The van der Waals surface area contributed by atoms with Crippen LogP contribution in [0.2, 0.25) is 10.0 Å². The number of nitrogens with zero attached hydrogens (tertiary/aromatic N) is 2. The maximum atomic E-state index is 13.6. The van der Waals surface area contributed by atoms with Crippen molar-refractivity contribution in [2.75, 3.05) is 0 Å². The van der Waals surface area contributed by atoms with Crippen molar-refractivity contribution in [1.82, 2.24) is 9.55 Å². The van der Waals surface area contributed by atoms with Crippen molar-refractivity contribution in [1.29, 1.82) is 0 Å². The molecule has 0 N–H and O–H groups in total. The Balaban J connectivity index is 2.15. The molecule has 0 saturated carbocycles. The molecule has 0 aliphatic rings. The first-order valence-corrected chi connectivity index (χ1v) is 13.6. The first kappa shape index (κ1) is 27.2. The summed E-state index contributed by atoms with van der Waals surface area (Å²) < 4.78 is 33.9. The number of hydrogen-bond acceptors (Lipinski definition) is 5. The third-order valence-electron chi connectivity index (χ3n) is 5.76. The zero-order valence-electron chi connectivity index (χ0n) is 20.9. The standard InChI is InChI=1S/C26H30Cl2N2O4S/c1-14(2)18-11-19(15(3)4)26(20(12-18)16(5)6)35(32,33)34-23-13-24(31)30(17(7)29-23)22-10-8-9-21(27)25(22)28/h8-16H,1-7H3. The summed E-state index contributed by atoms with van der Waals surface area (Å²) in [4.78, 5) is 17.3. The second kappa shape index (κ2) is 10.3. The van der Waals surface area contributed by atoms with Crippen LogP contribution in [0.3, 0.4) is 0 Å². The molecule has 1 aromatic heterocycles. The molecular formula is C26H30Cl2N2O4S. The molecule has 188 valence electrons. The lowest BCUT2D eigenvalue weighted by atomic mass is 9.89. The lowest BCUT2D eigenvalue weighted by Gasteiger charge is -2.22. The van der Waals surface area contributed by atoms with E-state index >= 15 is 0 Å². The highest BCUT2D eigenvalue weighted by molar-refractivity contribution is 7.87. The van der Waals surface area contributed by atoms with Gasteiger partial charge in [-0.2, -0.15) is 13.4 Å². The predicted octanol–water partition coefficient (Wildman–Crippen LogP) is 6.99. The van der Waals surface area contributed by atoms with Crippen molar-refractivity contribution in [3.8, 4) is 11.6 Å². The average molecular weight is 538 g/mol. The summed E-state index contributed by atoms with van der Waals surface area (Å²) in [5.41, 5.74) is 2.21. The Bertz CT molecular complexity index is 1400. The van der Waals surface area contributed by atoms with Crippen LogP contribution >= 0.6 is 23.2 Å². The quantitative estimate of drug-likeness (QED) is 0.304. The topological polar surface area (TPSA) is 78.3 Å². The number of hydrogen-bond donors (Lipinski definition) is 0. The molecule has 0 spiro atoms. The molecule has 0 saturated heterocycles. The molecule has 35 heavy (non-hydrogen) atoms. The summed E-state index contributed by atoms with van der Waals surface area (Å²) in [6.45, 7) is 13.5. The second-order valence-electron chi connectivity index (χ2n) is 9.42. The van der Waals surface area contributed by atoms with E-state index in [1.807, 2.05) is 39.8 Å². The second-order valence-corrected chi connectivity index (χ2v) is 11.7. The fourth-order valence-electron chi connectivity index (χ4n) is 3.90. The molecule has 9 heteroatoms. The summed E-state index contributed by atoms with van der Waals surface area (Å²) in [5, 5.41) is 0.474. The van der Waals surface area contributed by atoms with Gasteiger partial charge in [-0.3, -0.25) is 9.36 Å². The summed E-state index contributed by atoms with van der Waals surface area (Å²) >= 11 is 12.4. The van der Waals surface area contributed by atoms with Crippen molar-refractivity contribution < 1.29 is 12.6 Å². The van der Waals surface area contributed by atoms with E-state index in [0.29, 0.717) is 16.8 Å². The molecule has 2 aromatic carbocycles. The van der Waals surface area contributed by atoms with Crippen molar-refractivity contribution in [3.63, 3.8) is 0 Å². The minimum Gasteiger partial charge on any atom is -0.358 e. The van der Waals surface area contributed by atoms with E-state index in [4.69, 9.17) is 27.4 Å². The van der Waals surface area contributed by atoms with Crippen LogP contribution in [0, 0.1) is 6.92 Å². The van der Waals surface area contributed by atoms with Gasteiger partial charge in [-0.15, -0.1) is 0 Å². The summed E-state index contributed by atoms with van der Waals surface area (Å²) in [5.74, 6) is 0.00631. The molecule has 0 aliphatic carbocycles. The van der Waals surface area contributed by atoms with E-state index in [9.17, 15) is 13.2 Å². The van der Waals surface area contributed by atoms with Gasteiger partial charge in [0.15, 0.2) is 0 Å². The van der Waals surface area contributed by atoms with Crippen LogP contribution in [0.4, 0.5) is 0 Å². The molecule has 0 atom stereocenters. The van der Waals surface area contributed by atoms with E-state index in [1.165, 1.54) is 4.57 Å². The van der Waals surface area contributed by atoms with Gasteiger partial charge in [0.2, 0.25) is 5.88 Å². The number of halogens is 2. The van der Waals surface area contributed by atoms with Crippen LogP contribution < -0.4 is 9.74 Å². The van der Waals surface area contributed by atoms with Crippen molar-refractivity contribution in [3.05, 3.63) is 79.3 Å². The molecule has 0 fully saturated rings. The van der Waals surface area contributed by atoms with E-state index < -0.39 is 15.7 Å². The van der Waals surface area contributed by atoms with Gasteiger partial charge in [-0.1, -0.05) is 82.9 Å². The Morgan fingerprint density at radius 3 is 1.97 bits per heavy atom. The third-order valence-corrected chi connectivity index (χ3v) is 7.93. The molecule has 1 heterocycles. The minimum atomic E-state index is -4.29. The molecule has 0 bridgehead atoms. The summed E-state index contributed by atoms with van der Waals surface area (Å²) in [6, 6.07) is 9.78. The van der Waals surface area contributed by atoms with E-state index in [-0.39, 0.29) is 44.4 Å². The van der Waals surface area contributed by atoms with Gasteiger partial charge in [0.05, 0.1) is 21.8 Å². The summed E-state index contributed by atoms with van der Waals surface area (Å²) in [6.07, 6.45) is 0. The lowest BCUT2D eigenvalue weighted by Crippen LogP contribution is -2.24. The summed E-state index contributed by atoms with van der Waals surface area (Å²) in [7, 11) is -4.29. The minimum absolute atomic E-state index is 0.0627. The predicted molar refractivity (Wildman–Crippen MR) is 141 cm³/mol. The normalized spacial score (nSPS) is 12.1. The zero-order chi connectivity index (χ0) is 26.2. The molecule has 0 unspecified atom stereocenters. The van der Waals surface area contributed by atoms with Gasteiger partial charge in [0.25, 0.3) is 5.56 Å². The van der Waals surface area contributed by atoms with Crippen LogP contribution in [0.5, 0.6) is 5.88 Å². The van der Waals surface area contributed by atoms with Crippen molar-refractivity contribution in [2.45, 2.75) is 71.1 Å². The molecule has 6 nitrogen and oxygen atoms in total. The van der Waals surface area contributed by atoms with Gasteiger partial charge >= 0.3 is 10.1 Å². The molecule has 0 aliphatic heterocycles. The number of aromatic nitrogens is 2. The SMILES string of the molecule is Cc1nc(OS(=O)(=O)c2c(C(C)C)cc(C(C)C)cc2C(C)C)cc(=O)n1-c1cccc(Cl)c1Cl. The van der Waals surface area contributed by atoms with Crippen molar-refractivity contribution >= 4 is 33.3 Å². The van der Waals surface area contributed by atoms with E-state index in [1.54, 1.807) is 25.1 Å². The van der Waals surface area contributed by atoms with E-state index in [2.05, 4.69) is 18.8 Å². The van der Waals surface area contributed by atoms with Crippen LogP contribution in [-0.2, 0) is 10.1 Å². The Labute approximate surface area is 217 Å². The van der Waals surface area contributed by atoms with Gasteiger partial charge in [-0.25, -0.2) is 0 Å². The smallest absolute Gasteiger partial charge is 0.341 e. The molecule has 0 amide bonds. The van der Waals surface area contributed by atoms with Gasteiger partial charge in [-0.05, 0) is 53.5 Å². The fourth-order valence-corrected chi connectivity index (χ4v) is 5.84. The van der Waals surface area contributed by atoms with Crippen LogP contribution in [0.15, 0.2) is 46.1 Å². The third kappa shape index (κ3) is 5.57. The maximum Gasteiger partial charge on any atom is 0.341 e. The number of aryl methyl sites for hydroxylation is 1.